The molecule has 0 radical (unpaired) electrons. The Morgan fingerprint density at radius 1 is 0.270 bits per heavy atom. The van der Waals surface area contributed by atoms with E-state index in [4.69, 9.17) is 15.0 Å². The summed E-state index contributed by atoms with van der Waals surface area (Å²) in [6.07, 6.45) is 0. The third-order valence-corrected chi connectivity index (χ3v) is 13.6. The Morgan fingerprint density at radius 3 is 1.27 bits per heavy atom. The summed E-state index contributed by atoms with van der Waals surface area (Å²) in [4.78, 5) is 16.0. The number of nitrogens with zero attached hydrogens (tertiary/aromatic N) is 5. The second-order valence-corrected chi connectivity index (χ2v) is 17.1. The van der Waals surface area contributed by atoms with Gasteiger partial charge in [-0.15, -0.1) is 11.3 Å². The number of benzene rings is 9. The van der Waals surface area contributed by atoms with E-state index in [0.29, 0.717) is 17.7 Å². The standard InChI is InChI=1S/C57H35N5S/c1-2-12-36(13-3-1)41-30-32-46-45-16-6-10-20-51(45)62(52(46)34-41)57-59-55(58-56(60-57)61-49-18-8-4-14-43(49)44-15-5-9-19-50(44)61)40-28-26-38(27-29-40)37-22-24-39(25-23-37)42-31-33-48-47-17-7-11-21-53(47)63-54(48)35-42/h1-35H. The van der Waals surface area contributed by atoms with Gasteiger partial charge in [0.05, 0.1) is 22.1 Å². The minimum absolute atomic E-state index is 0.557. The van der Waals surface area contributed by atoms with E-state index in [1.165, 1.54) is 31.3 Å². The Balaban J connectivity index is 0.948. The van der Waals surface area contributed by atoms with Crippen molar-refractivity contribution in [3.63, 3.8) is 0 Å². The zero-order valence-electron chi connectivity index (χ0n) is 33.9. The van der Waals surface area contributed by atoms with E-state index in [2.05, 4.69) is 221 Å². The molecule has 13 rings (SSSR count). The van der Waals surface area contributed by atoms with Gasteiger partial charge in [0.2, 0.25) is 11.9 Å². The van der Waals surface area contributed by atoms with Crippen LogP contribution >= 0.6 is 11.3 Å². The Kier molecular flexibility index (Phi) is 8.01. The lowest BCUT2D eigenvalue weighted by Crippen LogP contribution is -2.10. The van der Waals surface area contributed by atoms with Crippen LogP contribution in [0.2, 0.25) is 0 Å². The molecule has 0 aliphatic rings. The van der Waals surface area contributed by atoms with Crippen molar-refractivity contribution in [1.29, 1.82) is 0 Å². The van der Waals surface area contributed by atoms with Crippen LogP contribution in [0.3, 0.4) is 0 Å². The molecule has 294 valence electrons. The number of hydrogen-bond donors (Lipinski definition) is 0. The first-order chi connectivity index (χ1) is 31.2. The van der Waals surface area contributed by atoms with Crippen molar-refractivity contribution in [3.8, 4) is 56.7 Å². The topological polar surface area (TPSA) is 48.5 Å². The van der Waals surface area contributed by atoms with Crippen molar-refractivity contribution >= 4 is 75.1 Å². The highest BCUT2D eigenvalue weighted by Gasteiger charge is 2.21. The lowest BCUT2D eigenvalue weighted by Gasteiger charge is -2.13. The maximum atomic E-state index is 5.38. The van der Waals surface area contributed by atoms with E-state index in [1.807, 2.05) is 11.3 Å². The summed E-state index contributed by atoms with van der Waals surface area (Å²) in [7, 11) is 0. The van der Waals surface area contributed by atoms with Gasteiger partial charge in [-0.1, -0.05) is 176 Å². The van der Waals surface area contributed by atoms with E-state index in [0.717, 1.165) is 71.4 Å². The lowest BCUT2D eigenvalue weighted by atomic mass is 9.99. The van der Waals surface area contributed by atoms with Gasteiger partial charge in [-0.05, 0) is 69.8 Å². The van der Waals surface area contributed by atoms with Crippen LogP contribution in [0.4, 0.5) is 0 Å². The molecule has 0 unspecified atom stereocenters. The summed E-state index contributed by atoms with van der Waals surface area (Å²) in [5.41, 5.74) is 12.0. The van der Waals surface area contributed by atoms with Crippen molar-refractivity contribution in [2.45, 2.75) is 0 Å². The van der Waals surface area contributed by atoms with Gasteiger partial charge in [0.15, 0.2) is 5.82 Å². The van der Waals surface area contributed by atoms with E-state index < -0.39 is 0 Å². The maximum absolute atomic E-state index is 5.38. The molecule has 4 heterocycles. The van der Waals surface area contributed by atoms with Crippen molar-refractivity contribution in [2.75, 3.05) is 0 Å². The third-order valence-electron chi connectivity index (χ3n) is 12.4. The fraction of sp³-hybridized carbons (Fsp3) is 0. The first kappa shape index (κ1) is 35.6. The molecular weight excluding hydrogens is 787 g/mol. The smallest absolute Gasteiger partial charge is 0.240 e. The Morgan fingerprint density at radius 2 is 0.667 bits per heavy atom. The lowest BCUT2D eigenvalue weighted by molar-refractivity contribution is 0.893. The molecule has 63 heavy (non-hydrogen) atoms. The summed E-state index contributed by atoms with van der Waals surface area (Å²) in [5.74, 6) is 1.72. The highest BCUT2D eigenvalue weighted by atomic mass is 32.1. The molecule has 0 saturated carbocycles. The largest absolute Gasteiger partial charge is 0.278 e. The molecule has 0 aliphatic carbocycles. The van der Waals surface area contributed by atoms with Gasteiger partial charge in [-0.3, -0.25) is 9.13 Å². The van der Waals surface area contributed by atoms with Crippen LogP contribution < -0.4 is 0 Å². The van der Waals surface area contributed by atoms with Gasteiger partial charge in [-0.2, -0.15) is 15.0 Å². The molecule has 9 aromatic carbocycles. The summed E-state index contributed by atoms with van der Waals surface area (Å²) in [6.45, 7) is 0. The second-order valence-electron chi connectivity index (χ2n) is 16.0. The first-order valence-corrected chi connectivity index (χ1v) is 22.0. The zero-order valence-corrected chi connectivity index (χ0v) is 34.7. The number of hydrogen-bond acceptors (Lipinski definition) is 4. The van der Waals surface area contributed by atoms with E-state index in [9.17, 15) is 0 Å². The molecule has 0 amide bonds. The average molecular weight is 822 g/mol. The molecule has 0 saturated heterocycles. The molecule has 0 N–H and O–H groups in total. The van der Waals surface area contributed by atoms with Crippen molar-refractivity contribution in [1.82, 2.24) is 24.1 Å². The van der Waals surface area contributed by atoms with Crippen LogP contribution in [0.1, 0.15) is 0 Å². The number of thiophene rings is 1. The van der Waals surface area contributed by atoms with Crippen LogP contribution in [-0.2, 0) is 0 Å². The fourth-order valence-corrected chi connectivity index (χ4v) is 10.5. The SMILES string of the molecule is c1ccc(-c2ccc3c4ccccc4n(-c4nc(-c5ccc(-c6ccc(-c7ccc8c(c7)sc7ccccc78)cc6)cc5)nc(-n5c6ccccc6c6ccccc65)n4)c3c2)cc1. The van der Waals surface area contributed by atoms with E-state index >= 15 is 0 Å². The van der Waals surface area contributed by atoms with Crippen LogP contribution in [0.15, 0.2) is 212 Å². The van der Waals surface area contributed by atoms with Gasteiger partial charge in [-0.25, -0.2) is 0 Å². The molecular formula is C57H35N5S. The number of aromatic nitrogens is 5. The summed E-state index contributed by atoms with van der Waals surface area (Å²) in [5, 5.41) is 7.22. The molecule has 4 aromatic heterocycles. The van der Waals surface area contributed by atoms with Crippen LogP contribution in [0, 0.1) is 0 Å². The van der Waals surface area contributed by atoms with Gasteiger partial charge >= 0.3 is 0 Å². The van der Waals surface area contributed by atoms with E-state index in [-0.39, 0.29) is 0 Å². The summed E-state index contributed by atoms with van der Waals surface area (Å²) < 4.78 is 7.01. The Labute approximate surface area is 366 Å². The van der Waals surface area contributed by atoms with Crippen LogP contribution in [0.5, 0.6) is 0 Å². The number of fused-ring (bicyclic) bond motifs is 9. The second kappa shape index (κ2) is 14.2. The minimum atomic E-state index is 0.557. The predicted molar refractivity (Wildman–Crippen MR) is 263 cm³/mol. The highest BCUT2D eigenvalue weighted by molar-refractivity contribution is 7.25. The summed E-state index contributed by atoms with van der Waals surface area (Å²) >= 11 is 1.85. The molecule has 5 nitrogen and oxygen atoms in total. The van der Waals surface area contributed by atoms with Gasteiger partial charge in [0.1, 0.15) is 0 Å². The molecule has 0 aliphatic heterocycles. The molecule has 6 heteroatoms. The average Bonchev–Trinajstić information content (AvgIpc) is 4.01. The Hall–Kier alpha value is -8.19. The number of para-hydroxylation sites is 3. The molecule has 13 aromatic rings. The van der Waals surface area contributed by atoms with E-state index in [1.54, 1.807) is 0 Å². The third kappa shape index (κ3) is 5.80. The monoisotopic (exact) mass is 821 g/mol. The highest BCUT2D eigenvalue weighted by Crippen LogP contribution is 2.39. The van der Waals surface area contributed by atoms with Crippen molar-refractivity contribution in [3.05, 3.63) is 212 Å². The Bertz CT molecular complexity index is 3840. The minimum Gasteiger partial charge on any atom is -0.278 e. The first-order valence-electron chi connectivity index (χ1n) is 21.2. The van der Waals surface area contributed by atoms with Crippen molar-refractivity contribution in [2.24, 2.45) is 0 Å². The number of rotatable bonds is 6. The van der Waals surface area contributed by atoms with Crippen molar-refractivity contribution < 1.29 is 0 Å². The van der Waals surface area contributed by atoms with Crippen LogP contribution in [-0.4, -0.2) is 24.1 Å². The quantitative estimate of drug-likeness (QED) is 0.168. The molecule has 0 atom stereocenters. The van der Waals surface area contributed by atoms with Gasteiger partial charge in [0.25, 0.3) is 0 Å². The zero-order chi connectivity index (χ0) is 41.4. The maximum Gasteiger partial charge on any atom is 0.240 e. The van der Waals surface area contributed by atoms with Crippen LogP contribution in [0.25, 0.3) is 120 Å². The van der Waals surface area contributed by atoms with Gasteiger partial charge in [0, 0.05) is 47.3 Å². The fourth-order valence-electron chi connectivity index (χ4n) is 9.39. The van der Waals surface area contributed by atoms with Gasteiger partial charge < -0.3 is 0 Å². The molecule has 0 bridgehead atoms. The predicted octanol–water partition coefficient (Wildman–Crippen LogP) is 15.1. The molecule has 0 fully saturated rings. The normalized spacial score (nSPS) is 11.8. The molecule has 0 spiro atoms. The summed E-state index contributed by atoms with van der Waals surface area (Å²) in [6, 6.07) is 75.7.